The van der Waals surface area contributed by atoms with Gasteiger partial charge in [0.15, 0.2) is 4.34 Å². The highest BCUT2D eigenvalue weighted by Gasteiger charge is 2.14. The molecule has 0 unspecified atom stereocenters. The summed E-state index contributed by atoms with van der Waals surface area (Å²) in [7, 11) is 1.62. The maximum atomic E-state index is 5.35. The van der Waals surface area contributed by atoms with E-state index in [1.807, 2.05) is 48.5 Å². The molecule has 4 aromatic rings. The first kappa shape index (κ1) is 18.9. The summed E-state index contributed by atoms with van der Waals surface area (Å²) in [6, 6.07) is 15.4. The minimum absolute atomic E-state index is 0.502. The Balaban J connectivity index is 1.39. The van der Waals surface area contributed by atoms with Crippen LogP contribution in [0.15, 0.2) is 61.9 Å². The molecule has 0 saturated carbocycles. The molecule has 4 rings (SSSR count). The monoisotopic (exact) mass is 475 g/mol. The van der Waals surface area contributed by atoms with E-state index in [9.17, 15) is 0 Å². The SMILES string of the molecule is COc1ccccc1-c1noc(CSc2nnc(Nc3cccc(Br)c3)s2)n1. The fourth-order valence-corrected chi connectivity index (χ4v) is 4.39. The summed E-state index contributed by atoms with van der Waals surface area (Å²) >= 11 is 6.41. The molecular weight excluding hydrogens is 462 g/mol. The van der Waals surface area contributed by atoms with Crippen LogP contribution >= 0.6 is 39.0 Å². The first-order valence-corrected chi connectivity index (χ1v) is 10.8. The van der Waals surface area contributed by atoms with E-state index in [1.165, 1.54) is 23.1 Å². The van der Waals surface area contributed by atoms with Gasteiger partial charge in [-0.05, 0) is 30.3 Å². The van der Waals surface area contributed by atoms with Gasteiger partial charge in [-0.15, -0.1) is 10.2 Å². The lowest BCUT2D eigenvalue weighted by molar-refractivity contribution is 0.390. The topological polar surface area (TPSA) is 86.0 Å². The number of methoxy groups -OCH3 is 1. The van der Waals surface area contributed by atoms with Crippen molar-refractivity contribution in [1.29, 1.82) is 0 Å². The van der Waals surface area contributed by atoms with Crippen molar-refractivity contribution >= 4 is 49.8 Å². The van der Waals surface area contributed by atoms with Crippen LogP contribution in [0.3, 0.4) is 0 Å². The number of ether oxygens (including phenoxy) is 1. The summed E-state index contributed by atoms with van der Waals surface area (Å²) in [6.07, 6.45) is 0. The Bertz CT molecular complexity index is 1090. The van der Waals surface area contributed by atoms with Gasteiger partial charge in [-0.3, -0.25) is 0 Å². The average Bonchev–Trinajstić information content (AvgIpc) is 3.36. The van der Waals surface area contributed by atoms with E-state index in [0.29, 0.717) is 23.2 Å². The van der Waals surface area contributed by atoms with Crippen LogP contribution in [0.4, 0.5) is 10.8 Å². The van der Waals surface area contributed by atoms with Gasteiger partial charge in [-0.1, -0.05) is 62.4 Å². The van der Waals surface area contributed by atoms with Crippen molar-refractivity contribution in [3.05, 3.63) is 58.9 Å². The number of aromatic nitrogens is 4. The van der Waals surface area contributed by atoms with Crippen molar-refractivity contribution in [3.8, 4) is 17.1 Å². The third-order valence-electron chi connectivity index (χ3n) is 3.62. The molecule has 142 valence electrons. The lowest BCUT2D eigenvalue weighted by atomic mass is 10.2. The number of halogens is 1. The Labute approximate surface area is 177 Å². The first-order chi connectivity index (χ1) is 13.7. The molecule has 0 bridgehead atoms. The fraction of sp³-hybridized carbons (Fsp3) is 0.111. The molecule has 0 fully saturated rings. The van der Waals surface area contributed by atoms with Crippen LogP contribution in [0.2, 0.25) is 0 Å². The molecule has 0 amide bonds. The zero-order valence-electron chi connectivity index (χ0n) is 14.6. The molecule has 0 aliphatic carbocycles. The van der Waals surface area contributed by atoms with Crippen molar-refractivity contribution < 1.29 is 9.26 Å². The van der Waals surface area contributed by atoms with E-state index < -0.39 is 0 Å². The van der Waals surface area contributed by atoms with Gasteiger partial charge < -0.3 is 14.6 Å². The number of rotatable bonds is 7. The number of nitrogens with one attached hydrogen (secondary N) is 1. The van der Waals surface area contributed by atoms with Gasteiger partial charge >= 0.3 is 0 Å². The third-order valence-corrected chi connectivity index (χ3v) is 6.07. The van der Waals surface area contributed by atoms with Crippen LogP contribution in [-0.4, -0.2) is 27.4 Å². The Morgan fingerprint density at radius 3 is 2.93 bits per heavy atom. The summed E-state index contributed by atoms with van der Waals surface area (Å²) < 4.78 is 12.5. The second kappa shape index (κ2) is 8.72. The smallest absolute Gasteiger partial charge is 0.237 e. The second-order valence-corrected chi connectivity index (χ2v) is 8.62. The number of hydrogen-bond acceptors (Lipinski definition) is 9. The van der Waals surface area contributed by atoms with Gasteiger partial charge in [0.1, 0.15) is 5.75 Å². The fourth-order valence-electron chi connectivity index (χ4n) is 2.38. The molecule has 0 atom stereocenters. The molecule has 7 nitrogen and oxygen atoms in total. The minimum atomic E-state index is 0.502. The largest absolute Gasteiger partial charge is 0.496 e. The average molecular weight is 476 g/mol. The van der Waals surface area contributed by atoms with Crippen molar-refractivity contribution in [2.45, 2.75) is 10.1 Å². The summed E-state index contributed by atoms with van der Waals surface area (Å²) in [4.78, 5) is 4.45. The Morgan fingerprint density at radius 1 is 1.18 bits per heavy atom. The molecule has 1 N–H and O–H groups in total. The van der Waals surface area contributed by atoms with Gasteiger partial charge in [0.05, 0.1) is 18.4 Å². The number of thioether (sulfide) groups is 1. The molecule has 0 aliphatic rings. The highest BCUT2D eigenvalue weighted by Crippen LogP contribution is 2.31. The van der Waals surface area contributed by atoms with Crippen molar-refractivity contribution in [2.24, 2.45) is 0 Å². The predicted octanol–water partition coefficient (Wildman–Crippen LogP) is 5.40. The number of anilines is 2. The van der Waals surface area contributed by atoms with E-state index in [-0.39, 0.29) is 0 Å². The van der Waals surface area contributed by atoms with E-state index in [0.717, 1.165) is 25.2 Å². The van der Waals surface area contributed by atoms with E-state index in [1.54, 1.807) is 7.11 Å². The van der Waals surface area contributed by atoms with Gasteiger partial charge in [-0.25, -0.2) is 0 Å². The van der Waals surface area contributed by atoms with E-state index in [4.69, 9.17) is 9.26 Å². The summed E-state index contributed by atoms with van der Waals surface area (Å²) in [6.45, 7) is 0. The number of hydrogen-bond donors (Lipinski definition) is 1. The third kappa shape index (κ3) is 4.51. The lowest BCUT2D eigenvalue weighted by Gasteiger charge is -2.02. The standard InChI is InChI=1S/C18H14BrN5O2S2/c1-25-14-8-3-2-7-13(14)16-21-15(26-24-16)10-27-18-23-22-17(28-18)20-12-6-4-5-11(19)9-12/h2-9H,10H2,1H3,(H,20,22). The van der Waals surface area contributed by atoms with Crippen molar-refractivity contribution in [2.75, 3.05) is 12.4 Å². The molecular formula is C18H14BrN5O2S2. The van der Waals surface area contributed by atoms with Crippen molar-refractivity contribution in [3.63, 3.8) is 0 Å². The quantitative estimate of drug-likeness (QED) is 0.355. The molecule has 0 spiro atoms. The number of para-hydroxylation sites is 1. The van der Waals surface area contributed by atoms with Crippen LogP contribution in [-0.2, 0) is 5.75 Å². The first-order valence-electron chi connectivity index (χ1n) is 8.16. The Morgan fingerprint density at radius 2 is 2.07 bits per heavy atom. The lowest BCUT2D eigenvalue weighted by Crippen LogP contribution is -1.89. The Kier molecular flexibility index (Phi) is 5.89. The zero-order chi connectivity index (χ0) is 19.3. The Hall–Kier alpha value is -2.43. The van der Waals surface area contributed by atoms with Gasteiger partial charge in [-0.2, -0.15) is 4.98 Å². The summed E-state index contributed by atoms with van der Waals surface area (Å²) in [5.41, 5.74) is 1.74. The van der Waals surface area contributed by atoms with Crippen LogP contribution in [0.1, 0.15) is 5.89 Å². The molecule has 10 heteroatoms. The highest BCUT2D eigenvalue weighted by atomic mass is 79.9. The normalized spacial score (nSPS) is 10.8. The van der Waals surface area contributed by atoms with Gasteiger partial charge in [0, 0.05) is 10.2 Å². The molecule has 0 aliphatic heterocycles. The van der Waals surface area contributed by atoms with Crippen LogP contribution < -0.4 is 10.1 Å². The molecule has 2 aromatic carbocycles. The van der Waals surface area contributed by atoms with Gasteiger partial charge in [0.25, 0.3) is 0 Å². The van der Waals surface area contributed by atoms with Gasteiger partial charge in [0.2, 0.25) is 16.8 Å². The molecule has 28 heavy (non-hydrogen) atoms. The highest BCUT2D eigenvalue weighted by molar-refractivity contribution is 9.10. The summed E-state index contributed by atoms with van der Waals surface area (Å²) in [5.74, 6) is 2.23. The zero-order valence-corrected chi connectivity index (χ0v) is 17.8. The van der Waals surface area contributed by atoms with Crippen LogP contribution in [0.5, 0.6) is 5.75 Å². The number of nitrogens with zero attached hydrogens (tertiary/aromatic N) is 4. The number of benzene rings is 2. The molecule has 2 aromatic heterocycles. The molecule has 0 saturated heterocycles. The van der Waals surface area contributed by atoms with Crippen LogP contribution in [0, 0.1) is 0 Å². The predicted molar refractivity (Wildman–Crippen MR) is 113 cm³/mol. The van der Waals surface area contributed by atoms with E-state index in [2.05, 4.69) is 41.6 Å². The second-order valence-electron chi connectivity index (χ2n) is 5.51. The molecule has 0 radical (unpaired) electrons. The summed E-state index contributed by atoms with van der Waals surface area (Å²) in [5, 5.41) is 16.4. The van der Waals surface area contributed by atoms with E-state index >= 15 is 0 Å². The maximum absolute atomic E-state index is 5.35. The maximum Gasteiger partial charge on any atom is 0.237 e. The molecule has 2 heterocycles. The minimum Gasteiger partial charge on any atom is -0.496 e. The van der Waals surface area contributed by atoms with Crippen molar-refractivity contribution in [1.82, 2.24) is 20.3 Å². The van der Waals surface area contributed by atoms with Crippen LogP contribution in [0.25, 0.3) is 11.4 Å².